The first-order chi connectivity index (χ1) is 14.2. The van der Waals surface area contributed by atoms with Gasteiger partial charge in [-0.2, -0.15) is 0 Å². The number of aryl methyl sites for hydroxylation is 1. The second-order valence-electron chi connectivity index (χ2n) is 7.29. The minimum absolute atomic E-state index is 0. The molecule has 2 heterocycles. The summed E-state index contributed by atoms with van der Waals surface area (Å²) in [4.78, 5) is 18.4. The first kappa shape index (κ1) is 24.3. The number of ether oxygens (including phenoxy) is 1. The molecule has 0 bridgehead atoms. The van der Waals surface area contributed by atoms with Gasteiger partial charge in [0.15, 0.2) is 5.96 Å². The maximum atomic E-state index is 11.8. The highest BCUT2D eigenvalue weighted by molar-refractivity contribution is 14.0. The molecule has 0 unspecified atom stereocenters. The molecule has 2 aromatic rings. The summed E-state index contributed by atoms with van der Waals surface area (Å²) in [6, 6.07) is 10.9. The average Bonchev–Trinajstić information content (AvgIpc) is 3.15. The molecule has 0 atom stereocenters. The Morgan fingerprint density at radius 2 is 1.97 bits per heavy atom. The van der Waals surface area contributed by atoms with Crippen LogP contribution < -0.4 is 10.6 Å². The normalized spacial score (nSPS) is 15.0. The fourth-order valence-electron chi connectivity index (χ4n) is 3.70. The Bertz CT molecular complexity index is 815. The van der Waals surface area contributed by atoms with Crippen molar-refractivity contribution < 1.29 is 9.53 Å². The van der Waals surface area contributed by atoms with Gasteiger partial charge < -0.3 is 24.8 Å². The van der Waals surface area contributed by atoms with E-state index in [4.69, 9.17) is 9.73 Å². The lowest BCUT2D eigenvalue weighted by atomic mass is 10.1. The average molecular weight is 527 g/mol. The van der Waals surface area contributed by atoms with Gasteiger partial charge in [0, 0.05) is 50.5 Å². The van der Waals surface area contributed by atoms with Gasteiger partial charge in [-0.1, -0.05) is 18.2 Å². The summed E-state index contributed by atoms with van der Waals surface area (Å²) in [5, 5.41) is 8.14. The van der Waals surface area contributed by atoms with E-state index in [9.17, 15) is 4.79 Å². The van der Waals surface area contributed by atoms with E-state index in [1.54, 1.807) is 4.90 Å². The topological polar surface area (TPSA) is 70.9 Å². The lowest BCUT2D eigenvalue weighted by Crippen LogP contribution is -2.49. The minimum Gasteiger partial charge on any atom is -0.450 e. The molecular weight excluding hydrogens is 493 g/mol. The van der Waals surface area contributed by atoms with Crippen LogP contribution in [-0.4, -0.2) is 60.3 Å². The Labute approximate surface area is 196 Å². The Morgan fingerprint density at radius 1 is 1.20 bits per heavy atom. The van der Waals surface area contributed by atoms with Gasteiger partial charge in [-0.25, -0.2) is 4.79 Å². The van der Waals surface area contributed by atoms with E-state index in [0.717, 1.165) is 57.9 Å². The zero-order chi connectivity index (χ0) is 20.5. The summed E-state index contributed by atoms with van der Waals surface area (Å²) in [6.07, 6.45) is 4.73. The summed E-state index contributed by atoms with van der Waals surface area (Å²) in [5.74, 6) is 0.861. The van der Waals surface area contributed by atoms with Crippen LogP contribution in [0.4, 0.5) is 4.79 Å². The predicted octanol–water partition coefficient (Wildman–Crippen LogP) is 3.83. The summed E-state index contributed by atoms with van der Waals surface area (Å²) in [5.41, 5.74) is 1.27. The molecule has 1 fully saturated rings. The van der Waals surface area contributed by atoms with E-state index in [2.05, 4.69) is 58.7 Å². The zero-order valence-corrected chi connectivity index (χ0v) is 20.3. The van der Waals surface area contributed by atoms with Crippen LogP contribution >= 0.6 is 24.0 Å². The fourth-order valence-corrected chi connectivity index (χ4v) is 3.70. The van der Waals surface area contributed by atoms with Crippen LogP contribution in [-0.2, 0) is 11.3 Å². The van der Waals surface area contributed by atoms with Crippen molar-refractivity contribution in [1.29, 1.82) is 0 Å². The number of aromatic nitrogens is 1. The van der Waals surface area contributed by atoms with Gasteiger partial charge in [0.25, 0.3) is 0 Å². The number of fused-ring (bicyclic) bond motifs is 1. The van der Waals surface area contributed by atoms with Crippen molar-refractivity contribution in [3.05, 3.63) is 36.5 Å². The molecule has 1 aliphatic heterocycles. The third kappa shape index (κ3) is 6.78. The zero-order valence-electron chi connectivity index (χ0n) is 18.0. The standard InChI is InChI=1S/C22H33N5O2.HI/c1-3-23-21(25-19-11-16-27(17-12-19)22(28)29-4-2)24-13-7-14-26-15-10-18-8-5-6-9-20(18)26;/h5-6,8-10,15,19H,3-4,7,11-14,16-17H2,1-2H3,(H2,23,24,25);1H. The van der Waals surface area contributed by atoms with E-state index < -0.39 is 0 Å². The first-order valence-electron chi connectivity index (χ1n) is 10.7. The predicted molar refractivity (Wildman–Crippen MR) is 133 cm³/mol. The quantitative estimate of drug-likeness (QED) is 0.249. The van der Waals surface area contributed by atoms with Gasteiger partial charge in [0.1, 0.15) is 0 Å². The molecule has 7 nitrogen and oxygen atoms in total. The number of piperidine rings is 1. The number of nitrogens with one attached hydrogen (secondary N) is 2. The summed E-state index contributed by atoms with van der Waals surface area (Å²) in [6.45, 7) is 8.32. The van der Waals surface area contributed by atoms with Crippen LogP contribution in [0.5, 0.6) is 0 Å². The Kier molecular flexibility index (Phi) is 10.3. The number of benzene rings is 1. The number of rotatable bonds is 7. The number of para-hydroxylation sites is 1. The van der Waals surface area contributed by atoms with Crippen LogP contribution in [0.25, 0.3) is 10.9 Å². The van der Waals surface area contributed by atoms with Gasteiger partial charge in [0.2, 0.25) is 0 Å². The molecule has 0 spiro atoms. The highest BCUT2D eigenvalue weighted by Gasteiger charge is 2.23. The molecule has 0 aliphatic carbocycles. The van der Waals surface area contributed by atoms with Gasteiger partial charge in [-0.15, -0.1) is 24.0 Å². The molecule has 0 radical (unpaired) electrons. The molecule has 8 heteroatoms. The molecule has 3 rings (SSSR count). The second kappa shape index (κ2) is 12.7. The van der Waals surface area contributed by atoms with Gasteiger partial charge in [-0.05, 0) is 50.6 Å². The highest BCUT2D eigenvalue weighted by atomic mass is 127. The molecular formula is C22H34IN5O2. The molecule has 1 aromatic carbocycles. The number of guanidine groups is 1. The lowest BCUT2D eigenvalue weighted by molar-refractivity contribution is 0.0963. The van der Waals surface area contributed by atoms with Crippen LogP contribution in [0.3, 0.4) is 0 Å². The number of aliphatic imine (C=N–C) groups is 1. The summed E-state index contributed by atoms with van der Waals surface area (Å²) >= 11 is 0. The van der Waals surface area contributed by atoms with E-state index in [1.165, 1.54) is 10.9 Å². The molecule has 1 saturated heterocycles. The monoisotopic (exact) mass is 527 g/mol. The van der Waals surface area contributed by atoms with E-state index in [-0.39, 0.29) is 30.1 Å². The van der Waals surface area contributed by atoms with Crippen molar-refractivity contribution in [2.24, 2.45) is 4.99 Å². The van der Waals surface area contributed by atoms with Crippen molar-refractivity contribution in [3.63, 3.8) is 0 Å². The minimum atomic E-state index is -0.205. The molecule has 30 heavy (non-hydrogen) atoms. The van der Waals surface area contributed by atoms with Gasteiger partial charge >= 0.3 is 6.09 Å². The van der Waals surface area contributed by atoms with Crippen LogP contribution in [0, 0.1) is 0 Å². The first-order valence-corrected chi connectivity index (χ1v) is 10.7. The molecule has 166 valence electrons. The molecule has 0 saturated carbocycles. The number of nitrogens with zero attached hydrogens (tertiary/aromatic N) is 3. The lowest BCUT2D eigenvalue weighted by Gasteiger charge is -2.32. The van der Waals surface area contributed by atoms with Crippen LogP contribution in [0.2, 0.25) is 0 Å². The van der Waals surface area contributed by atoms with Crippen LogP contribution in [0.15, 0.2) is 41.5 Å². The fraction of sp³-hybridized carbons (Fsp3) is 0.545. The van der Waals surface area contributed by atoms with Crippen molar-refractivity contribution >= 4 is 46.9 Å². The van der Waals surface area contributed by atoms with E-state index in [1.807, 2.05) is 6.92 Å². The van der Waals surface area contributed by atoms with Crippen molar-refractivity contribution in [3.8, 4) is 0 Å². The van der Waals surface area contributed by atoms with Gasteiger partial charge in [0.05, 0.1) is 6.61 Å². The second-order valence-corrected chi connectivity index (χ2v) is 7.29. The maximum Gasteiger partial charge on any atom is 0.409 e. The maximum absolute atomic E-state index is 11.8. The molecule has 1 aromatic heterocycles. The largest absolute Gasteiger partial charge is 0.450 e. The van der Waals surface area contributed by atoms with Crippen LogP contribution in [0.1, 0.15) is 33.1 Å². The number of hydrogen-bond acceptors (Lipinski definition) is 3. The number of halogens is 1. The SMILES string of the molecule is CCNC(=NCCCn1ccc2ccccc21)NC1CCN(C(=O)OCC)CC1.I. The highest BCUT2D eigenvalue weighted by Crippen LogP contribution is 2.15. The number of carbonyl (C=O) groups excluding carboxylic acids is 1. The van der Waals surface area contributed by atoms with Crippen molar-refractivity contribution in [1.82, 2.24) is 20.1 Å². The third-order valence-electron chi connectivity index (χ3n) is 5.21. The molecule has 2 N–H and O–H groups in total. The number of hydrogen-bond donors (Lipinski definition) is 2. The third-order valence-corrected chi connectivity index (χ3v) is 5.21. The smallest absolute Gasteiger partial charge is 0.409 e. The molecule has 1 amide bonds. The Balaban J connectivity index is 0.00000320. The van der Waals surface area contributed by atoms with Crippen molar-refractivity contribution in [2.45, 2.75) is 45.7 Å². The Morgan fingerprint density at radius 3 is 2.70 bits per heavy atom. The number of likely N-dealkylation sites (tertiary alicyclic amines) is 1. The number of carbonyl (C=O) groups is 1. The molecule has 1 aliphatic rings. The van der Waals surface area contributed by atoms with Gasteiger partial charge in [-0.3, -0.25) is 4.99 Å². The van der Waals surface area contributed by atoms with E-state index in [0.29, 0.717) is 12.6 Å². The summed E-state index contributed by atoms with van der Waals surface area (Å²) in [7, 11) is 0. The Hall–Kier alpha value is -1.97. The van der Waals surface area contributed by atoms with Crippen molar-refractivity contribution in [2.75, 3.05) is 32.8 Å². The van der Waals surface area contributed by atoms with E-state index >= 15 is 0 Å². The number of amides is 1. The summed E-state index contributed by atoms with van der Waals surface area (Å²) < 4.78 is 7.38.